The normalized spacial score (nSPS) is 62.7. The number of ketones is 1. The smallest absolute Gasteiger partial charge is 0.134 e. The van der Waals surface area contributed by atoms with Gasteiger partial charge in [0, 0.05) is 30.3 Å². The molecule has 4 aliphatic carbocycles. The standard InChI is InChI=1S/C20H30O3/c1-4-19(11-21)9-12(22)8-17(2)14(19)5-6-20-10-18(3)13(7-15(17)20)16(18)23-20/h13-16,21H,4-11H2,1-3H3. The van der Waals surface area contributed by atoms with Crippen molar-refractivity contribution in [3.63, 3.8) is 0 Å². The molecule has 2 heterocycles. The van der Waals surface area contributed by atoms with Gasteiger partial charge in [-0.15, -0.1) is 0 Å². The van der Waals surface area contributed by atoms with Crippen molar-refractivity contribution in [2.24, 2.45) is 34.0 Å². The minimum absolute atomic E-state index is 0.0290. The molecule has 0 radical (unpaired) electrons. The molecule has 1 spiro atoms. The van der Waals surface area contributed by atoms with Gasteiger partial charge in [0.25, 0.3) is 0 Å². The fourth-order valence-electron chi connectivity index (χ4n) is 8.13. The second kappa shape index (κ2) is 4.04. The lowest BCUT2D eigenvalue weighted by Gasteiger charge is -2.64. The molecule has 1 N–H and O–H groups in total. The fraction of sp³-hybridized carbons (Fsp3) is 0.950. The topological polar surface area (TPSA) is 46.5 Å². The first-order chi connectivity index (χ1) is 10.8. The molecule has 2 aliphatic heterocycles. The number of carbonyl (C=O) groups excluding carboxylic acids is 1. The number of fused-ring (bicyclic) bond motifs is 1. The van der Waals surface area contributed by atoms with E-state index in [1.165, 1.54) is 12.8 Å². The third kappa shape index (κ3) is 1.49. The maximum absolute atomic E-state index is 12.7. The van der Waals surface area contributed by atoms with Gasteiger partial charge in [-0.2, -0.15) is 0 Å². The van der Waals surface area contributed by atoms with Crippen molar-refractivity contribution in [1.82, 2.24) is 0 Å². The van der Waals surface area contributed by atoms with E-state index in [9.17, 15) is 9.90 Å². The molecule has 6 aliphatic rings. The third-order valence-electron chi connectivity index (χ3n) is 9.25. The molecule has 6 fully saturated rings. The SMILES string of the molecule is CCC1(CO)CC(=O)CC2(C)C1CCC13CC4(C)C(CC12)C4O3. The Kier molecular flexibility index (Phi) is 2.62. The number of aliphatic hydroxyl groups is 1. The van der Waals surface area contributed by atoms with Crippen LogP contribution >= 0.6 is 0 Å². The highest BCUT2D eigenvalue weighted by Gasteiger charge is 2.80. The molecule has 4 saturated carbocycles. The summed E-state index contributed by atoms with van der Waals surface area (Å²) in [5.74, 6) is 2.10. The van der Waals surface area contributed by atoms with Crippen LogP contribution in [0.15, 0.2) is 0 Å². The van der Waals surface area contributed by atoms with Gasteiger partial charge in [-0.05, 0) is 55.3 Å². The first-order valence-electron chi connectivity index (χ1n) is 9.64. The Balaban J connectivity index is 1.57. The lowest BCUT2D eigenvalue weighted by molar-refractivity contribution is -0.226. The van der Waals surface area contributed by atoms with Crippen LogP contribution in [0.4, 0.5) is 0 Å². The quantitative estimate of drug-likeness (QED) is 0.849. The Labute approximate surface area is 139 Å². The highest BCUT2D eigenvalue weighted by molar-refractivity contribution is 5.81. The van der Waals surface area contributed by atoms with Crippen molar-refractivity contribution < 1.29 is 14.6 Å². The average molecular weight is 318 g/mol. The van der Waals surface area contributed by atoms with Gasteiger partial charge < -0.3 is 9.84 Å². The zero-order chi connectivity index (χ0) is 16.3. The number of hydrogen-bond acceptors (Lipinski definition) is 3. The molecule has 8 unspecified atom stereocenters. The van der Waals surface area contributed by atoms with Crippen LogP contribution in [-0.2, 0) is 9.53 Å². The van der Waals surface area contributed by atoms with Crippen LogP contribution in [0.3, 0.4) is 0 Å². The number of rotatable bonds is 2. The lowest BCUT2D eigenvalue weighted by atomic mass is 9.42. The minimum Gasteiger partial charge on any atom is -0.396 e. The van der Waals surface area contributed by atoms with Crippen molar-refractivity contribution >= 4 is 5.78 Å². The summed E-state index contributed by atoms with van der Waals surface area (Å²) in [7, 11) is 0. The molecule has 3 nitrogen and oxygen atoms in total. The summed E-state index contributed by atoms with van der Waals surface area (Å²) in [5, 5.41) is 10.2. The predicted molar refractivity (Wildman–Crippen MR) is 86.8 cm³/mol. The van der Waals surface area contributed by atoms with E-state index in [-0.39, 0.29) is 23.0 Å². The van der Waals surface area contributed by atoms with Gasteiger partial charge in [0.1, 0.15) is 5.78 Å². The molecular formula is C20H30O3. The monoisotopic (exact) mass is 318 g/mol. The van der Waals surface area contributed by atoms with Crippen LogP contribution in [0.2, 0.25) is 0 Å². The second-order valence-corrected chi connectivity index (χ2v) is 10.0. The van der Waals surface area contributed by atoms with Gasteiger partial charge in [-0.3, -0.25) is 4.79 Å². The number of hydrogen-bond donors (Lipinski definition) is 1. The van der Waals surface area contributed by atoms with E-state index in [0.717, 1.165) is 25.2 Å². The number of aliphatic hydroxyl groups excluding tert-OH is 1. The summed E-state index contributed by atoms with van der Waals surface area (Å²) in [5.41, 5.74) is 0.337. The molecule has 0 aromatic rings. The van der Waals surface area contributed by atoms with Gasteiger partial charge in [0.15, 0.2) is 0 Å². The highest BCUT2D eigenvalue weighted by Crippen LogP contribution is 2.79. The molecule has 0 aromatic heterocycles. The molecule has 0 amide bonds. The summed E-state index contributed by atoms with van der Waals surface area (Å²) < 4.78 is 6.64. The van der Waals surface area contributed by atoms with E-state index in [4.69, 9.17) is 4.74 Å². The largest absolute Gasteiger partial charge is 0.396 e. The Bertz CT molecular complexity index is 581. The number of ether oxygens (including phenoxy) is 1. The third-order valence-corrected chi connectivity index (χ3v) is 9.25. The summed E-state index contributed by atoms with van der Waals surface area (Å²) in [6.45, 7) is 7.11. The van der Waals surface area contributed by atoms with Gasteiger partial charge in [0.2, 0.25) is 0 Å². The van der Waals surface area contributed by atoms with Crippen molar-refractivity contribution in [2.75, 3.05) is 6.61 Å². The van der Waals surface area contributed by atoms with Crippen LogP contribution in [0, 0.1) is 34.0 Å². The Hall–Kier alpha value is -0.410. The van der Waals surface area contributed by atoms with Crippen molar-refractivity contribution in [1.29, 1.82) is 0 Å². The van der Waals surface area contributed by atoms with E-state index >= 15 is 0 Å². The van der Waals surface area contributed by atoms with E-state index in [0.29, 0.717) is 42.0 Å². The Morgan fingerprint density at radius 3 is 2.61 bits per heavy atom. The molecular weight excluding hydrogens is 288 g/mol. The van der Waals surface area contributed by atoms with E-state index in [2.05, 4.69) is 20.8 Å². The minimum atomic E-state index is -0.181. The molecule has 23 heavy (non-hydrogen) atoms. The van der Waals surface area contributed by atoms with Crippen LogP contribution in [0.5, 0.6) is 0 Å². The van der Waals surface area contributed by atoms with Crippen LogP contribution in [0.25, 0.3) is 0 Å². The first-order valence-corrected chi connectivity index (χ1v) is 9.64. The molecule has 128 valence electrons. The molecule has 4 bridgehead atoms. The molecule has 0 aromatic carbocycles. The summed E-state index contributed by atoms with van der Waals surface area (Å²) in [4.78, 5) is 12.7. The van der Waals surface area contributed by atoms with E-state index < -0.39 is 0 Å². The van der Waals surface area contributed by atoms with E-state index in [1.54, 1.807) is 0 Å². The molecule has 3 heteroatoms. The maximum atomic E-state index is 12.7. The Morgan fingerprint density at radius 2 is 2.00 bits per heavy atom. The predicted octanol–water partition coefficient (Wildman–Crippen LogP) is 3.34. The van der Waals surface area contributed by atoms with Gasteiger partial charge in [-0.25, -0.2) is 0 Å². The molecule has 2 saturated heterocycles. The molecule has 6 rings (SSSR count). The van der Waals surface area contributed by atoms with Crippen molar-refractivity contribution in [3.8, 4) is 0 Å². The van der Waals surface area contributed by atoms with Gasteiger partial charge in [-0.1, -0.05) is 20.8 Å². The highest BCUT2D eigenvalue weighted by atomic mass is 16.5. The van der Waals surface area contributed by atoms with Crippen molar-refractivity contribution in [3.05, 3.63) is 0 Å². The maximum Gasteiger partial charge on any atom is 0.134 e. The van der Waals surface area contributed by atoms with Gasteiger partial charge in [0.05, 0.1) is 11.7 Å². The summed E-state index contributed by atoms with van der Waals surface area (Å²) in [6, 6.07) is 0. The van der Waals surface area contributed by atoms with E-state index in [1.807, 2.05) is 0 Å². The summed E-state index contributed by atoms with van der Waals surface area (Å²) in [6.07, 6.45) is 7.47. The second-order valence-electron chi connectivity index (χ2n) is 10.0. The van der Waals surface area contributed by atoms with Crippen LogP contribution in [0.1, 0.15) is 65.7 Å². The Morgan fingerprint density at radius 1 is 1.22 bits per heavy atom. The lowest BCUT2D eigenvalue weighted by Crippen LogP contribution is -2.64. The summed E-state index contributed by atoms with van der Waals surface area (Å²) >= 11 is 0. The molecule has 8 atom stereocenters. The number of Topliss-reactive ketones (excluding diaryl/α,β-unsaturated/α-hetero) is 1. The first kappa shape index (κ1) is 14.9. The zero-order valence-electron chi connectivity index (χ0n) is 14.7. The van der Waals surface area contributed by atoms with Crippen LogP contribution in [-0.4, -0.2) is 29.2 Å². The zero-order valence-corrected chi connectivity index (χ0v) is 14.7. The fourth-order valence-corrected chi connectivity index (χ4v) is 8.13. The van der Waals surface area contributed by atoms with Crippen molar-refractivity contribution in [2.45, 2.75) is 77.4 Å². The average Bonchev–Trinajstić information content (AvgIpc) is 2.96. The van der Waals surface area contributed by atoms with Crippen LogP contribution < -0.4 is 0 Å². The number of carbonyl (C=O) groups is 1. The van der Waals surface area contributed by atoms with Gasteiger partial charge >= 0.3 is 0 Å².